The van der Waals surface area contributed by atoms with Crippen LogP contribution in [0.1, 0.15) is 17.2 Å². The lowest BCUT2D eigenvalue weighted by Crippen LogP contribution is -2.13. The Morgan fingerprint density at radius 1 is 1.00 bits per heavy atom. The van der Waals surface area contributed by atoms with Gasteiger partial charge in [-0.2, -0.15) is 0 Å². The van der Waals surface area contributed by atoms with E-state index in [2.05, 4.69) is 6.07 Å². The van der Waals surface area contributed by atoms with Crippen LogP contribution in [0.25, 0.3) is 0 Å². The average molecular weight is 298 g/mol. The second-order valence-electron chi connectivity index (χ2n) is 3.86. The summed E-state index contributed by atoms with van der Waals surface area (Å²) < 4.78 is 0. The Bertz CT molecular complexity index is 557. The first-order valence-corrected chi connectivity index (χ1v) is 7.45. The van der Waals surface area contributed by atoms with Crippen molar-refractivity contribution in [2.24, 2.45) is 5.73 Å². The van der Waals surface area contributed by atoms with Crippen LogP contribution in [0.2, 0.25) is 10.0 Å². The molecule has 0 amide bonds. The first-order chi connectivity index (χ1) is 8.65. The van der Waals surface area contributed by atoms with Gasteiger partial charge in [0.25, 0.3) is 0 Å². The number of nitrogens with two attached hydrogens (primary N) is 1. The van der Waals surface area contributed by atoms with Gasteiger partial charge in [-0.15, -0.1) is 11.8 Å². The van der Waals surface area contributed by atoms with Crippen LogP contribution in [0.3, 0.4) is 0 Å². The Balaban J connectivity index is 2.48. The third-order valence-corrected chi connectivity index (χ3v) is 4.44. The summed E-state index contributed by atoms with van der Waals surface area (Å²) in [5.41, 5.74) is 8.22. The molecule has 1 atom stereocenters. The van der Waals surface area contributed by atoms with Crippen molar-refractivity contribution < 1.29 is 0 Å². The van der Waals surface area contributed by atoms with Crippen molar-refractivity contribution in [2.75, 3.05) is 6.26 Å². The van der Waals surface area contributed by atoms with Gasteiger partial charge in [-0.05, 0) is 29.5 Å². The molecule has 1 unspecified atom stereocenters. The van der Waals surface area contributed by atoms with Gasteiger partial charge in [0.05, 0.1) is 16.1 Å². The van der Waals surface area contributed by atoms with Crippen LogP contribution < -0.4 is 5.73 Å². The van der Waals surface area contributed by atoms with Gasteiger partial charge in [0.1, 0.15) is 0 Å². The minimum atomic E-state index is -0.264. The molecule has 2 rings (SSSR count). The smallest absolute Gasteiger partial charge is 0.0643 e. The number of benzene rings is 2. The zero-order valence-corrected chi connectivity index (χ0v) is 12.2. The summed E-state index contributed by atoms with van der Waals surface area (Å²) in [5, 5.41) is 1.06. The Morgan fingerprint density at radius 3 is 2.39 bits per heavy atom. The lowest BCUT2D eigenvalue weighted by Gasteiger charge is -2.17. The number of halogens is 2. The molecule has 94 valence electrons. The van der Waals surface area contributed by atoms with E-state index in [1.165, 1.54) is 0 Å². The molecule has 0 saturated heterocycles. The molecule has 0 saturated carbocycles. The van der Waals surface area contributed by atoms with E-state index < -0.39 is 0 Å². The summed E-state index contributed by atoms with van der Waals surface area (Å²) in [4.78, 5) is 1.15. The molecule has 4 heteroatoms. The number of hydrogen-bond donors (Lipinski definition) is 1. The standard InChI is InChI=1S/C14H13Cl2NS/c1-18-12-8-3-2-5-9(12)14(17)10-6-4-7-11(15)13(10)16/h2-8,14H,17H2,1H3. The van der Waals surface area contributed by atoms with Crippen molar-refractivity contribution in [3.63, 3.8) is 0 Å². The summed E-state index contributed by atoms with van der Waals surface area (Å²) in [5.74, 6) is 0. The molecule has 0 heterocycles. The van der Waals surface area contributed by atoms with Crippen LogP contribution in [0.15, 0.2) is 47.4 Å². The van der Waals surface area contributed by atoms with Gasteiger partial charge < -0.3 is 5.73 Å². The van der Waals surface area contributed by atoms with E-state index in [1.807, 2.05) is 36.6 Å². The second-order valence-corrected chi connectivity index (χ2v) is 5.50. The largest absolute Gasteiger partial charge is 0.320 e. The van der Waals surface area contributed by atoms with E-state index in [0.717, 1.165) is 16.0 Å². The van der Waals surface area contributed by atoms with E-state index in [-0.39, 0.29) is 6.04 Å². The van der Waals surface area contributed by atoms with E-state index in [0.29, 0.717) is 10.0 Å². The highest BCUT2D eigenvalue weighted by atomic mass is 35.5. The second kappa shape index (κ2) is 5.98. The van der Waals surface area contributed by atoms with Crippen LogP contribution in [-0.4, -0.2) is 6.26 Å². The molecule has 18 heavy (non-hydrogen) atoms. The summed E-state index contributed by atoms with van der Waals surface area (Å²) in [6.07, 6.45) is 2.03. The quantitative estimate of drug-likeness (QED) is 0.826. The average Bonchev–Trinajstić information content (AvgIpc) is 2.41. The van der Waals surface area contributed by atoms with Crippen LogP contribution in [-0.2, 0) is 0 Å². The van der Waals surface area contributed by atoms with E-state index in [4.69, 9.17) is 28.9 Å². The van der Waals surface area contributed by atoms with Crippen LogP contribution in [0.5, 0.6) is 0 Å². The summed E-state index contributed by atoms with van der Waals surface area (Å²) in [6, 6.07) is 13.3. The Labute approximate surface area is 121 Å². The topological polar surface area (TPSA) is 26.0 Å². The fraction of sp³-hybridized carbons (Fsp3) is 0.143. The molecule has 0 radical (unpaired) electrons. The van der Waals surface area contributed by atoms with Crippen molar-refractivity contribution in [1.29, 1.82) is 0 Å². The molecule has 2 aromatic rings. The molecule has 0 aromatic heterocycles. The summed E-state index contributed by atoms with van der Waals surface area (Å²) in [6.45, 7) is 0. The fourth-order valence-corrected chi connectivity index (χ4v) is 2.92. The van der Waals surface area contributed by atoms with Crippen LogP contribution >= 0.6 is 35.0 Å². The Kier molecular flexibility index (Phi) is 4.57. The molecular weight excluding hydrogens is 285 g/mol. The minimum absolute atomic E-state index is 0.264. The van der Waals surface area contributed by atoms with Gasteiger partial charge in [-0.25, -0.2) is 0 Å². The van der Waals surface area contributed by atoms with E-state index in [9.17, 15) is 0 Å². The highest BCUT2D eigenvalue weighted by molar-refractivity contribution is 7.98. The lowest BCUT2D eigenvalue weighted by atomic mass is 9.99. The third-order valence-electron chi connectivity index (χ3n) is 2.79. The van der Waals surface area contributed by atoms with Gasteiger partial charge in [0.15, 0.2) is 0 Å². The molecule has 2 N–H and O–H groups in total. The lowest BCUT2D eigenvalue weighted by molar-refractivity contribution is 0.848. The predicted molar refractivity (Wildman–Crippen MR) is 80.7 cm³/mol. The maximum Gasteiger partial charge on any atom is 0.0643 e. The molecule has 0 fully saturated rings. The first-order valence-electron chi connectivity index (χ1n) is 5.47. The molecule has 0 bridgehead atoms. The Hall–Kier alpha value is -0.670. The highest BCUT2D eigenvalue weighted by Gasteiger charge is 2.16. The van der Waals surface area contributed by atoms with Gasteiger partial charge in [0.2, 0.25) is 0 Å². The summed E-state index contributed by atoms with van der Waals surface area (Å²) >= 11 is 13.9. The van der Waals surface area contributed by atoms with Gasteiger partial charge in [0, 0.05) is 4.90 Å². The van der Waals surface area contributed by atoms with Crippen molar-refractivity contribution in [2.45, 2.75) is 10.9 Å². The molecule has 0 aliphatic heterocycles. The maximum absolute atomic E-state index is 6.31. The predicted octanol–water partition coefficient (Wildman–Crippen LogP) is 4.76. The first kappa shape index (κ1) is 13.8. The molecule has 0 aliphatic rings. The minimum Gasteiger partial charge on any atom is -0.320 e. The van der Waals surface area contributed by atoms with Crippen molar-refractivity contribution >= 4 is 35.0 Å². The normalized spacial score (nSPS) is 12.4. The molecular formula is C14H13Cl2NS. The van der Waals surface area contributed by atoms with Crippen LogP contribution in [0, 0.1) is 0 Å². The molecule has 0 spiro atoms. The van der Waals surface area contributed by atoms with Crippen molar-refractivity contribution in [1.82, 2.24) is 0 Å². The maximum atomic E-state index is 6.31. The zero-order chi connectivity index (χ0) is 13.1. The number of hydrogen-bond acceptors (Lipinski definition) is 2. The SMILES string of the molecule is CSc1ccccc1C(N)c1cccc(Cl)c1Cl. The Morgan fingerprint density at radius 2 is 1.67 bits per heavy atom. The van der Waals surface area contributed by atoms with Crippen molar-refractivity contribution in [3.05, 3.63) is 63.6 Å². The monoisotopic (exact) mass is 297 g/mol. The number of rotatable bonds is 3. The van der Waals surface area contributed by atoms with Gasteiger partial charge >= 0.3 is 0 Å². The summed E-state index contributed by atoms with van der Waals surface area (Å²) in [7, 11) is 0. The molecule has 2 aromatic carbocycles. The third kappa shape index (κ3) is 2.67. The van der Waals surface area contributed by atoms with E-state index >= 15 is 0 Å². The molecule has 0 aliphatic carbocycles. The van der Waals surface area contributed by atoms with Crippen molar-refractivity contribution in [3.8, 4) is 0 Å². The fourth-order valence-electron chi connectivity index (χ4n) is 1.85. The highest BCUT2D eigenvalue weighted by Crippen LogP contribution is 2.34. The zero-order valence-electron chi connectivity index (χ0n) is 9.86. The van der Waals surface area contributed by atoms with Crippen LogP contribution in [0.4, 0.5) is 0 Å². The van der Waals surface area contributed by atoms with Gasteiger partial charge in [-0.1, -0.05) is 53.5 Å². The molecule has 1 nitrogen and oxygen atoms in total. The number of thioether (sulfide) groups is 1. The van der Waals surface area contributed by atoms with Gasteiger partial charge in [-0.3, -0.25) is 0 Å². The van der Waals surface area contributed by atoms with E-state index in [1.54, 1.807) is 17.8 Å².